The number of carbonyl (C=O) groups is 1. The number of nitrogens with zero attached hydrogens (tertiary/aromatic N) is 4. The minimum atomic E-state index is -0.520. The van der Waals surface area contributed by atoms with Crippen LogP contribution in [0.1, 0.15) is 31.2 Å². The SMILES string of the molecule is CC1OC2(CCN(CCc3ncccc3F)CC2)CN(Cc2ccc(F)cn2)C1=O.Cl. The molecule has 6 nitrogen and oxygen atoms in total. The lowest BCUT2D eigenvalue weighted by Crippen LogP contribution is -2.61. The summed E-state index contributed by atoms with van der Waals surface area (Å²) < 4.78 is 33.1. The first kappa shape index (κ1) is 23.5. The van der Waals surface area contributed by atoms with Crippen molar-refractivity contribution in [2.75, 3.05) is 26.2 Å². The zero-order valence-corrected chi connectivity index (χ0v) is 18.3. The number of ether oxygens (including phenoxy) is 1. The van der Waals surface area contributed by atoms with Gasteiger partial charge in [0.15, 0.2) is 0 Å². The maximum Gasteiger partial charge on any atom is 0.251 e. The highest BCUT2D eigenvalue weighted by atomic mass is 35.5. The summed E-state index contributed by atoms with van der Waals surface area (Å²) in [5, 5.41) is 0. The van der Waals surface area contributed by atoms with E-state index in [2.05, 4.69) is 14.9 Å². The molecule has 0 aliphatic carbocycles. The van der Waals surface area contributed by atoms with Crippen molar-refractivity contribution in [3.05, 3.63) is 59.7 Å². The molecule has 0 N–H and O–H groups in total. The number of hydrogen-bond acceptors (Lipinski definition) is 5. The van der Waals surface area contributed by atoms with E-state index in [1.807, 2.05) is 0 Å². The predicted octanol–water partition coefficient (Wildman–Crippen LogP) is 3.00. The third-order valence-electron chi connectivity index (χ3n) is 5.97. The molecule has 4 heterocycles. The first-order chi connectivity index (χ1) is 14.4. The molecule has 1 spiro atoms. The lowest BCUT2D eigenvalue weighted by molar-refractivity contribution is -0.190. The molecule has 4 rings (SSSR count). The number of morpholine rings is 1. The van der Waals surface area contributed by atoms with Gasteiger partial charge < -0.3 is 14.5 Å². The third kappa shape index (κ3) is 5.56. The van der Waals surface area contributed by atoms with E-state index in [4.69, 9.17) is 4.74 Å². The van der Waals surface area contributed by atoms with Crippen molar-refractivity contribution < 1.29 is 18.3 Å². The van der Waals surface area contributed by atoms with E-state index in [0.29, 0.717) is 30.9 Å². The topological polar surface area (TPSA) is 58.6 Å². The Balaban J connectivity index is 0.00000272. The molecule has 0 radical (unpaired) electrons. The number of rotatable bonds is 5. The molecule has 2 saturated heterocycles. The van der Waals surface area contributed by atoms with Gasteiger partial charge >= 0.3 is 0 Å². The van der Waals surface area contributed by atoms with Gasteiger partial charge in [-0.3, -0.25) is 14.8 Å². The summed E-state index contributed by atoms with van der Waals surface area (Å²) in [6.07, 6.45) is 4.42. The maximum absolute atomic E-state index is 13.8. The molecule has 2 aromatic heterocycles. The van der Waals surface area contributed by atoms with Crippen LogP contribution in [0.15, 0.2) is 36.7 Å². The van der Waals surface area contributed by atoms with Crippen LogP contribution < -0.4 is 0 Å². The quantitative estimate of drug-likeness (QED) is 0.698. The van der Waals surface area contributed by atoms with Crippen LogP contribution in [-0.4, -0.2) is 63.6 Å². The minimum absolute atomic E-state index is 0. The molecular formula is C22H27ClF2N4O2. The van der Waals surface area contributed by atoms with Gasteiger partial charge in [-0.25, -0.2) is 8.78 Å². The Hall–Kier alpha value is -2.16. The second kappa shape index (κ2) is 9.97. The smallest absolute Gasteiger partial charge is 0.251 e. The van der Waals surface area contributed by atoms with E-state index in [9.17, 15) is 13.6 Å². The Bertz CT molecular complexity index is 891. The van der Waals surface area contributed by atoms with Crippen LogP contribution in [0.25, 0.3) is 0 Å². The van der Waals surface area contributed by atoms with Gasteiger partial charge in [-0.1, -0.05) is 0 Å². The Morgan fingerprint density at radius 2 is 1.97 bits per heavy atom. The number of pyridine rings is 2. The first-order valence-corrected chi connectivity index (χ1v) is 10.3. The summed E-state index contributed by atoms with van der Waals surface area (Å²) in [6.45, 7) is 5.00. The fraction of sp³-hybridized carbons (Fsp3) is 0.500. The second-order valence-electron chi connectivity index (χ2n) is 8.13. The van der Waals surface area contributed by atoms with Gasteiger partial charge in [0, 0.05) is 32.3 Å². The van der Waals surface area contributed by atoms with E-state index in [0.717, 1.165) is 32.5 Å². The number of piperidine rings is 1. The summed E-state index contributed by atoms with van der Waals surface area (Å²) in [5.74, 6) is -0.728. The molecule has 2 aliphatic rings. The number of halogens is 3. The molecule has 2 aromatic rings. The van der Waals surface area contributed by atoms with Crippen LogP contribution in [0.5, 0.6) is 0 Å². The lowest BCUT2D eigenvalue weighted by Gasteiger charge is -2.49. The number of amides is 1. The Labute approximate surface area is 187 Å². The standard InChI is InChI=1S/C22H26F2N4O2.ClH/c1-16-21(29)28(14-18-5-4-17(23)13-26-18)15-22(30-16)7-11-27(12-8-22)10-6-20-19(24)3-2-9-25-20;/h2-5,9,13,16H,6-8,10-12,14-15H2,1H3;1H. The molecule has 2 fully saturated rings. The Morgan fingerprint density at radius 1 is 1.19 bits per heavy atom. The highest BCUT2D eigenvalue weighted by Crippen LogP contribution is 2.33. The molecule has 1 atom stereocenters. The van der Waals surface area contributed by atoms with Crippen molar-refractivity contribution in [1.82, 2.24) is 19.8 Å². The normalized spacial score (nSPS) is 21.2. The van der Waals surface area contributed by atoms with Crippen LogP contribution in [-0.2, 0) is 22.5 Å². The van der Waals surface area contributed by atoms with Crippen molar-refractivity contribution in [3.8, 4) is 0 Å². The van der Waals surface area contributed by atoms with Gasteiger partial charge in [-0.15, -0.1) is 12.4 Å². The van der Waals surface area contributed by atoms with Crippen LogP contribution in [0, 0.1) is 11.6 Å². The van der Waals surface area contributed by atoms with Crippen LogP contribution in [0.2, 0.25) is 0 Å². The van der Waals surface area contributed by atoms with Crippen molar-refractivity contribution in [3.63, 3.8) is 0 Å². The number of likely N-dealkylation sites (tertiary alicyclic amines) is 1. The second-order valence-corrected chi connectivity index (χ2v) is 8.13. The molecule has 0 bridgehead atoms. The number of hydrogen-bond donors (Lipinski definition) is 0. The van der Waals surface area contributed by atoms with Crippen molar-refractivity contribution >= 4 is 18.3 Å². The van der Waals surface area contributed by atoms with Crippen molar-refractivity contribution in [2.45, 2.75) is 44.4 Å². The van der Waals surface area contributed by atoms with Gasteiger partial charge in [0.25, 0.3) is 5.91 Å². The van der Waals surface area contributed by atoms with Gasteiger partial charge in [0.05, 0.1) is 36.3 Å². The minimum Gasteiger partial charge on any atom is -0.360 e. The molecule has 0 aromatic carbocycles. The fourth-order valence-electron chi connectivity index (χ4n) is 4.30. The zero-order chi connectivity index (χ0) is 21.1. The number of aromatic nitrogens is 2. The summed E-state index contributed by atoms with van der Waals surface area (Å²) in [7, 11) is 0. The summed E-state index contributed by atoms with van der Waals surface area (Å²) in [6, 6.07) is 6.00. The van der Waals surface area contributed by atoms with Gasteiger partial charge in [0.1, 0.15) is 17.7 Å². The van der Waals surface area contributed by atoms with Gasteiger partial charge in [0.2, 0.25) is 0 Å². The number of carbonyl (C=O) groups excluding carboxylic acids is 1. The average molecular weight is 453 g/mol. The molecular weight excluding hydrogens is 426 g/mol. The molecule has 2 aliphatic heterocycles. The van der Waals surface area contributed by atoms with Gasteiger partial charge in [-0.05, 0) is 44.0 Å². The van der Waals surface area contributed by atoms with Crippen LogP contribution in [0.3, 0.4) is 0 Å². The van der Waals surface area contributed by atoms with E-state index in [-0.39, 0.29) is 29.7 Å². The molecule has 0 saturated carbocycles. The summed E-state index contributed by atoms with van der Waals surface area (Å²) in [4.78, 5) is 24.9. The average Bonchev–Trinajstić information content (AvgIpc) is 2.74. The predicted molar refractivity (Wildman–Crippen MR) is 114 cm³/mol. The van der Waals surface area contributed by atoms with E-state index in [1.165, 1.54) is 18.3 Å². The highest BCUT2D eigenvalue weighted by molar-refractivity contribution is 5.85. The van der Waals surface area contributed by atoms with Crippen LogP contribution >= 0.6 is 12.4 Å². The van der Waals surface area contributed by atoms with E-state index < -0.39 is 11.9 Å². The largest absolute Gasteiger partial charge is 0.360 e. The fourth-order valence-corrected chi connectivity index (χ4v) is 4.30. The zero-order valence-electron chi connectivity index (χ0n) is 17.5. The summed E-state index contributed by atoms with van der Waals surface area (Å²) in [5.41, 5.74) is 0.757. The lowest BCUT2D eigenvalue weighted by atomic mass is 9.88. The molecule has 168 valence electrons. The first-order valence-electron chi connectivity index (χ1n) is 10.3. The van der Waals surface area contributed by atoms with E-state index in [1.54, 1.807) is 30.2 Å². The molecule has 1 amide bonds. The monoisotopic (exact) mass is 452 g/mol. The van der Waals surface area contributed by atoms with Crippen molar-refractivity contribution in [1.29, 1.82) is 0 Å². The molecule has 9 heteroatoms. The maximum atomic E-state index is 13.8. The third-order valence-corrected chi connectivity index (χ3v) is 5.97. The van der Waals surface area contributed by atoms with Gasteiger partial charge in [-0.2, -0.15) is 0 Å². The van der Waals surface area contributed by atoms with E-state index >= 15 is 0 Å². The Kier molecular flexibility index (Phi) is 7.56. The van der Waals surface area contributed by atoms with Crippen molar-refractivity contribution in [2.24, 2.45) is 0 Å². The molecule has 1 unspecified atom stereocenters. The molecule has 31 heavy (non-hydrogen) atoms. The van der Waals surface area contributed by atoms with Crippen LogP contribution in [0.4, 0.5) is 8.78 Å². The Morgan fingerprint density at radius 3 is 2.65 bits per heavy atom. The summed E-state index contributed by atoms with van der Waals surface area (Å²) >= 11 is 0. The highest BCUT2D eigenvalue weighted by Gasteiger charge is 2.45.